The molecule has 0 heterocycles. The summed E-state index contributed by atoms with van der Waals surface area (Å²) in [6, 6.07) is 6.08. The Labute approximate surface area is 126 Å². The lowest BCUT2D eigenvalue weighted by Gasteiger charge is -2.23. The van der Waals surface area contributed by atoms with Crippen molar-refractivity contribution in [2.75, 3.05) is 6.54 Å². The minimum absolute atomic E-state index is 0.0430. The predicted molar refractivity (Wildman–Crippen MR) is 83.8 cm³/mol. The normalized spacial score (nSPS) is 26.3. The molecule has 110 valence electrons. The first kappa shape index (κ1) is 14.2. The quantitative estimate of drug-likeness (QED) is 0.817. The number of fused-ring (bicyclic) bond motifs is 2. The van der Waals surface area contributed by atoms with Gasteiger partial charge in [0.1, 0.15) is 0 Å². The third-order valence-electron chi connectivity index (χ3n) is 4.96. The molecule has 0 aliphatic heterocycles. The lowest BCUT2D eigenvalue weighted by molar-refractivity contribution is 0.0922. The first-order valence-electron chi connectivity index (χ1n) is 7.78. The van der Waals surface area contributed by atoms with E-state index in [1.54, 1.807) is 0 Å². The van der Waals surface area contributed by atoms with E-state index in [4.69, 9.17) is 5.73 Å². The van der Waals surface area contributed by atoms with Crippen LogP contribution < -0.4 is 11.1 Å². The van der Waals surface area contributed by atoms with Crippen LogP contribution in [0.2, 0.25) is 0 Å². The van der Waals surface area contributed by atoms with Crippen LogP contribution in [-0.2, 0) is 0 Å². The molecule has 0 saturated heterocycles. The molecule has 3 heteroatoms. The lowest BCUT2D eigenvalue weighted by atomic mass is 9.94. The molecule has 1 aromatic rings. The second kappa shape index (κ2) is 5.91. The van der Waals surface area contributed by atoms with Crippen LogP contribution in [-0.4, -0.2) is 18.5 Å². The maximum Gasteiger partial charge on any atom is 0.251 e. The molecule has 2 fully saturated rings. The highest BCUT2D eigenvalue weighted by molar-refractivity contribution is 5.96. The maximum atomic E-state index is 12.5. The van der Waals surface area contributed by atoms with Gasteiger partial charge in [-0.25, -0.2) is 0 Å². The van der Waals surface area contributed by atoms with Gasteiger partial charge in [-0.15, -0.1) is 0 Å². The summed E-state index contributed by atoms with van der Waals surface area (Å²) in [6.45, 7) is 2.29. The molecule has 21 heavy (non-hydrogen) atoms. The van der Waals surface area contributed by atoms with Crippen molar-refractivity contribution < 1.29 is 4.79 Å². The number of benzene rings is 1. The zero-order valence-electron chi connectivity index (χ0n) is 12.5. The van der Waals surface area contributed by atoms with E-state index >= 15 is 0 Å². The summed E-state index contributed by atoms with van der Waals surface area (Å²) in [5.41, 5.74) is 7.99. The second-order valence-electron chi connectivity index (χ2n) is 6.24. The minimum Gasteiger partial charge on any atom is -0.349 e. The van der Waals surface area contributed by atoms with Gasteiger partial charge in [0.15, 0.2) is 0 Å². The molecular weight excluding hydrogens is 260 g/mol. The fraction of sp³-hybridized carbons (Fsp3) is 0.500. The molecule has 0 aromatic heterocycles. The highest BCUT2D eigenvalue weighted by atomic mass is 16.1. The summed E-state index contributed by atoms with van der Waals surface area (Å²) < 4.78 is 0. The third kappa shape index (κ3) is 2.82. The Bertz CT molecular complexity index is 611. The Kier molecular flexibility index (Phi) is 3.98. The van der Waals surface area contributed by atoms with Gasteiger partial charge in [0.25, 0.3) is 5.91 Å². The van der Waals surface area contributed by atoms with Gasteiger partial charge in [0.2, 0.25) is 0 Å². The molecule has 3 atom stereocenters. The van der Waals surface area contributed by atoms with Crippen LogP contribution in [0.25, 0.3) is 0 Å². The Morgan fingerprint density at radius 1 is 1.38 bits per heavy atom. The van der Waals surface area contributed by atoms with Crippen molar-refractivity contribution in [3.05, 3.63) is 34.9 Å². The number of amides is 1. The van der Waals surface area contributed by atoms with Gasteiger partial charge >= 0.3 is 0 Å². The van der Waals surface area contributed by atoms with Gasteiger partial charge in [-0.2, -0.15) is 0 Å². The fourth-order valence-corrected chi connectivity index (χ4v) is 3.83. The van der Waals surface area contributed by atoms with E-state index in [-0.39, 0.29) is 5.91 Å². The van der Waals surface area contributed by atoms with E-state index in [1.807, 2.05) is 25.1 Å². The van der Waals surface area contributed by atoms with Gasteiger partial charge in [0.05, 0.1) is 6.54 Å². The number of carbonyl (C=O) groups is 1. The van der Waals surface area contributed by atoms with Crippen LogP contribution in [0.4, 0.5) is 0 Å². The van der Waals surface area contributed by atoms with Crippen molar-refractivity contribution in [3.63, 3.8) is 0 Å². The van der Waals surface area contributed by atoms with Crippen LogP contribution in [0.3, 0.4) is 0 Å². The lowest BCUT2D eigenvalue weighted by Crippen LogP contribution is -2.38. The largest absolute Gasteiger partial charge is 0.349 e. The van der Waals surface area contributed by atoms with Crippen LogP contribution in [0.1, 0.15) is 47.2 Å². The molecule has 0 radical (unpaired) electrons. The summed E-state index contributed by atoms with van der Waals surface area (Å²) in [6.07, 6.45) is 5.07. The average molecular weight is 282 g/mol. The van der Waals surface area contributed by atoms with Gasteiger partial charge in [-0.1, -0.05) is 24.3 Å². The van der Waals surface area contributed by atoms with Crippen molar-refractivity contribution in [1.29, 1.82) is 0 Å². The average Bonchev–Trinajstić information content (AvgIpc) is 3.08. The standard InChI is InChI=1S/C18H22N2O/c1-12-14(5-3-9-19)4-2-6-16(12)18(21)20-17-11-13-7-8-15(17)10-13/h2,4,6,13,15,17H,7-11,19H2,1H3,(H,20,21). The third-order valence-corrected chi connectivity index (χ3v) is 4.96. The van der Waals surface area contributed by atoms with E-state index in [0.29, 0.717) is 18.5 Å². The highest BCUT2D eigenvalue weighted by Crippen LogP contribution is 2.44. The maximum absolute atomic E-state index is 12.5. The summed E-state index contributed by atoms with van der Waals surface area (Å²) >= 11 is 0. The summed E-state index contributed by atoms with van der Waals surface area (Å²) in [4.78, 5) is 12.5. The Morgan fingerprint density at radius 2 is 2.24 bits per heavy atom. The fourth-order valence-electron chi connectivity index (χ4n) is 3.83. The van der Waals surface area contributed by atoms with E-state index in [0.717, 1.165) is 29.0 Å². The number of nitrogens with two attached hydrogens (primary N) is 1. The smallest absolute Gasteiger partial charge is 0.251 e. The van der Waals surface area contributed by atoms with E-state index in [9.17, 15) is 4.79 Å². The molecule has 2 aliphatic carbocycles. The van der Waals surface area contributed by atoms with Gasteiger partial charge in [-0.05, 0) is 55.7 Å². The second-order valence-corrected chi connectivity index (χ2v) is 6.24. The molecule has 1 amide bonds. The van der Waals surface area contributed by atoms with Crippen molar-refractivity contribution in [2.24, 2.45) is 17.6 Å². The van der Waals surface area contributed by atoms with Gasteiger partial charge in [-0.3, -0.25) is 4.79 Å². The van der Waals surface area contributed by atoms with Crippen molar-refractivity contribution in [2.45, 2.75) is 38.6 Å². The topological polar surface area (TPSA) is 55.1 Å². The molecule has 2 bridgehead atoms. The molecule has 3 N–H and O–H groups in total. The predicted octanol–water partition coefficient (Wildman–Crippen LogP) is 2.22. The zero-order valence-corrected chi connectivity index (χ0v) is 12.5. The summed E-state index contributed by atoms with van der Waals surface area (Å²) in [5, 5.41) is 3.24. The van der Waals surface area contributed by atoms with Crippen molar-refractivity contribution >= 4 is 5.91 Å². The summed E-state index contributed by atoms with van der Waals surface area (Å²) in [7, 11) is 0. The first-order valence-corrected chi connectivity index (χ1v) is 7.78. The Hall–Kier alpha value is -1.79. The number of hydrogen-bond donors (Lipinski definition) is 2. The first-order chi connectivity index (χ1) is 10.2. The van der Waals surface area contributed by atoms with Crippen molar-refractivity contribution in [3.8, 4) is 11.8 Å². The number of nitrogens with one attached hydrogen (secondary N) is 1. The Morgan fingerprint density at radius 3 is 2.90 bits per heavy atom. The molecule has 3 nitrogen and oxygen atoms in total. The van der Waals surface area contributed by atoms with Crippen molar-refractivity contribution in [1.82, 2.24) is 5.32 Å². The van der Waals surface area contributed by atoms with E-state index in [2.05, 4.69) is 17.2 Å². The zero-order chi connectivity index (χ0) is 14.8. The van der Waals surface area contributed by atoms with Crippen LogP contribution in [0, 0.1) is 30.6 Å². The molecule has 3 unspecified atom stereocenters. The molecule has 2 saturated carbocycles. The number of carbonyl (C=O) groups excluding carboxylic acids is 1. The SMILES string of the molecule is Cc1c(C#CCN)cccc1C(=O)NC1CC2CCC1C2. The number of rotatable bonds is 2. The molecule has 3 rings (SSSR count). The minimum atomic E-state index is 0.0430. The molecule has 2 aliphatic rings. The summed E-state index contributed by atoms with van der Waals surface area (Å²) in [5.74, 6) is 7.46. The molecule has 1 aromatic carbocycles. The van der Waals surface area contributed by atoms with Crippen LogP contribution in [0.15, 0.2) is 18.2 Å². The Balaban J connectivity index is 1.75. The molecule has 0 spiro atoms. The molecular formula is C18H22N2O. The van der Waals surface area contributed by atoms with Gasteiger partial charge < -0.3 is 11.1 Å². The van der Waals surface area contributed by atoms with E-state index < -0.39 is 0 Å². The van der Waals surface area contributed by atoms with Crippen LogP contribution >= 0.6 is 0 Å². The monoisotopic (exact) mass is 282 g/mol. The highest BCUT2D eigenvalue weighted by Gasteiger charge is 2.40. The van der Waals surface area contributed by atoms with Gasteiger partial charge in [0, 0.05) is 17.2 Å². The number of hydrogen-bond acceptors (Lipinski definition) is 2. The van der Waals surface area contributed by atoms with E-state index in [1.165, 1.54) is 19.3 Å². The van der Waals surface area contributed by atoms with Crippen LogP contribution in [0.5, 0.6) is 0 Å².